The van der Waals surface area contributed by atoms with E-state index in [9.17, 15) is 5.11 Å². The van der Waals surface area contributed by atoms with Gasteiger partial charge in [0.15, 0.2) is 0 Å². The first kappa shape index (κ1) is 15.3. The summed E-state index contributed by atoms with van der Waals surface area (Å²) in [7, 11) is 0. The summed E-state index contributed by atoms with van der Waals surface area (Å²) in [4.78, 5) is 0. The van der Waals surface area contributed by atoms with Gasteiger partial charge >= 0.3 is 0 Å². The third-order valence-corrected chi connectivity index (χ3v) is 3.67. The third-order valence-electron chi connectivity index (χ3n) is 3.36. The first-order valence-corrected chi connectivity index (χ1v) is 7.23. The van der Waals surface area contributed by atoms with Crippen molar-refractivity contribution in [3.05, 3.63) is 28.8 Å². The number of para-hydroxylation sites is 1. The quantitative estimate of drug-likeness (QED) is 0.735. The molecule has 2 N–H and O–H groups in total. The summed E-state index contributed by atoms with van der Waals surface area (Å²) in [6.07, 6.45) is 5.03. The number of rotatable bonds is 8. The molecule has 3 heteroatoms. The Bertz CT molecular complexity index is 354. The largest absolute Gasteiger partial charge is 0.506 e. The molecule has 1 atom stereocenters. The molecule has 2 nitrogen and oxygen atoms in total. The van der Waals surface area contributed by atoms with Crippen LogP contribution < -0.4 is 5.32 Å². The molecule has 0 bridgehead atoms. The Morgan fingerprint density at radius 3 is 2.78 bits per heavy atom. The molecule has 0 saturated carbocycles. The Morgan fingerprint density at radius 2 is 2.11 bits per heavy atom. The Morgan fingerprint density at radius 1 is 1.33 bits per heavy atom. The van der Waals surface area contributed by atoms with Crippen molar-refractivity contribution in [3.63, 3.8) is 0 Å². The molecule has 0 aliphatic carbocycles. The first-order chi connectivity index (χ1) is 8.69. The van der Waals surface area contributed by atoms with E-state index in [0.29, 0.717) is 11.6 Å². The highest BCUT2D eigenvalue weighted by Crippen LogP contribution is 2.26. The lowest BCUT2D eigenvalue weighted by atomic mass is 9.99. The number of halogens is 1. The summed E-state index contributed by atoms with van der Waals surface area (Å²) < 4.78 is 0. The lowest BCUT2D eigenvalue weighted by molar-refractivity contribution is 0.414. The van der Waals surface area contributed by atoms with Crippen LogP contribution in [0.2, 0.25) is 5.02 Å². The van der Waals surface area contributed by atoms with Crippen LogP contribution in [-0.4, -0.2) is 11.7 Å². The van der Waals surface area contributed by atoms with E-state index in [0.717, 1.165) is 18.0 Å². The summed E-state index contributed by atoms with van der Waals surface area (Å²) in [6, 6.07) is 5.48. The lowest BCUT2D eigenvalue weighted by Crippen LogP contribution is -2.22. The van der Waals surface area contributed by atoms with Crippen LogP contribution in [0.4, 0.5) is 0 Å². The summed E-state index contributed by atoms with van der Waals surface area (Å²) >= 11 is 5.87. The third kappa shape index (κ3) is 4.87. The monoisotopic (exact) mass is 269 g/mol. The van der Waals surface area contributed by atoms with Gasteiger partial charge in [0.2, 0.25) is 0 Å². The standard InChI is InChI=1S/C15H24ClNO/c1-3-5-7-12(4-2)10-17-11-13-8-6-9-14(16)15(13)18/h6,8-9,12,17-18H,3-5,7,10-11H2,1-2H3. The molecule has 102 valence electrons. The SMILES string of the molecule is CCCCC(CC)CNCc1cccc(Cl)c1O. The molecular formula is C15H24ClNO. The van der Waals surface area contributed by atoms with Crippen LogP contribution in [-0.2, 0) is 6.54 Å². The average molecular weight is 270 g/mol. The number of phenolic OH excluding ortho intramolecular Hbond substituents is 1. The van der Waals surface area contributed by atoms with Crippen molar-refractivity contribution in [2.75, 3.05) is 6.54 Å². The van der Waals surface area contributed by atoms with Gasteiger partial charge < -0.3 is 10.4 Å². The molecule has 0 fully saturated rings. The molecule has 1 aromatic rings. The maximum Gasteiger partial charge on any atom is 0.138 e. The molecule has 0 heterocycles. The highest BCUT2D eigenvalue weighted by molar-refractivity contribution is 6.32. The molecule has 1 unspecified atom stereocenters. The number of hydrogen-bond donors (Lipinski definition) is 2. The number of aromatic hydroxyl groups is 1. The van der Waals surface area contributed by atoms with Gasteiger partial charge in [-0.1, -0.05) is 56.8 Å². The van der Waals surface area contributed by atoms with Crippen LogP contribution in [0.15, 0.2) is 18.2 Å². The molecule has 0 aromatic heterocycles. The molecule has 0 amide bonds. The van der Waals surface area contributed by atoms with Crippen LogP contribution in [0.1, 0.15) is 45.1 Å². The van der Waals surface area contributed by atoms with Crippen molar-refractivity contribution >= 4 is 11.6 Å². The zero-order chi connectivity index (χ0) is 13.4. The highest BCUT2D eigenvalue weighted by atomic mass is 35.5. The van der Waals surface area contributed by atoms with Crippen molar-refractivity contribution in [2.24, 2.45) is 5.92 Å². The fourth-order valence-electron chi connectivity index (χ4n) is 2.06. The molecular weight excluding hydrogens is 246 g/mol. The van der Waals surface area contributed by atoms with Gasteiger partial charge in [0.25, 0.3) is 0 Å². The zero-order valence-electron chi connectivity index (χ0n) is 11.4. The molecule has 0 aliphatic rings. The van der Waals surface area contributed by atoms with Crippen molar-refractivity contribution < 1.29 is 5.11 Å². The number of unbranched alkanes of at least 4 members (excludes halogenated alkanes) is 1. The van der Waals surface area contributed by atoms with E-state index in [1.165, 1.54) is 25.7 Å². The van der Waals surface area contributed by atoms with Gasteiger partial charge in [-0.15, -0.1) is 0 Å². The van der Waals surface area contributed by atoms with Crippen LogP contribution in [0.25, 0.3) is 0 Å². The Kier molecular flexibility index (Phi) is 7.14. The second-order valence-corrected chi connectivity index (χ2v) is 5.20. The van der Waals surface area contributed by atoms with E-state index in [-0.39, 0.29) is 5.75 Å². The topological polar surface area (TPSA) is 32.3 Å². The van der Waals surface area contributed by atoms with Gasteiger partial charge in [-0.2, -0.15) is 0 Å². The van der Waals surface area contributed by atoms with Gasteiger partial charge in [0.1, 0.15) is 5.75 Å². The second kappa shape index (κ2) is 8.39. The van der Waals surface area contributed by atoms with E-state index in [1.54, 1.807) is 6.07 Å². The van der Waals surface area contributed by atoms with E-state index < -0.39 is 0 Å². The first-order valence-electron chi connectivity index (χ1n) is 6.86. The minimum atomic E-state index is 0.202. The van der Waals surface area contributed by atoms with E-state index in [1.807, 2.05) is 12.1 Å². The van der Waals surface area contributed by atoms with Gasteiger partial charge in [-0.3, -0.25) is 0 Å². The average Bonchev–Trinajstić information content (AvgIpc) is 2.38. The Balaban J connectivity index is 2.38. The maximum absolute atomic E-state index is 9.79. The van der Waals surface area contributed by atoms with Crippen LogP contribution in [0, 0.1) is 5.92 Å². The number of hydrogen-bond acceptors (Lipinski definition) is 2. The lowest BCUT2D eigenvalue weighted by Gasteiger charge is -2.15. The van der Waals surface area contributed by atoms with Crippen molar-refractivity contribution in [3.8, 4) is 5.75 Å². The molecule has 18 heavy (non-hydrogen) atoms. The Hall–Kier alpha value is -0.730. The number of phenols is 1. The minimum absolute atomic E-state index is 0.202. The fraction of sp³-hybridized carbons (Fsp3) is 0.600. The predicted octanol–water partition coefficient (Wildman–Crippen LogP) is 4.35. The van der Waals surface area contributed by atoms with Crippen molar-refractivity contribution in [1.29, 1.82) is 0 Å². The predicted molar refractivity (Wildman–Crippen MR) is 78.1 cm³/mol. The molecule has 1 rings (SSSR count). The highest BCUT2D eigenvalue weighted by Gasteiger charge is 2.07. The van der Waals surface area contributed by atoms with Gasteiger partial charge in [0.05, 0.1) is 5.02 Å². The summed E-state index contributed by atoms with van der Waals surface area (Å²) in [6.45, 7) is 6.14. The summed E-state index contributed by atoms with van der Waals surface area (Å²) in [5.74, 6) is 0.930. The van der Waals surface area contributed by atoms with E-state index in [2.05, 4.69) is 19.2 Å². The van der Waals surface area contributed by atoms with E-state index >= 15 is 0 Å². The summed E-state index contributed by atoms with van der Waals surface area (Å²) in [5, 5.41) is 13.6. The Labute approximate surface area is 115 Å². The summed E-state index contributed by atoms with van der Waals surface area (Å²) in [5.41, 5.74) is 0.868. The van der Waals surface area contributed by atoms with Crippen LogP contribution in [0.3, 0.4) is 0 Å². The second-order valence-electron chi connectivity index (χ2n) is 4.79. The normalized spacial score (nSPS) is 12.6. The fourth-order valence-corrected chi connectivity index (χ4v) is 2.25. The minimum Gasteiger partial charge on any atom is -0.506 e. The van der Waals surface area contributed by atoms with Crippen LogP contribution >= 0.6 is 11.6 Å². The molecule has 0 aliphatic heterocycles. The molecule has 0 radical (unpaired) electrons. The number of nitrogens with one attached hydrogen (secondary N) is 1. The van der Waals surface area contributed by atoms with Gasteiger partial charge in [-0.05, 0) is 24.9 Å². The molecule has 1 aromatic carbocycles. The maximum atomic E-state index is 9.79. The van der Waals surface area contributed by atoms with Gasteiger partial charge in [0, 0.05) is 12.1 Å². The van der Waals surface area contributed by atoms with Crippen LogP contribution in [0.5, 0.6) is 5.75 Å². The number of benzene rings is 1. The van der Waals surface area contributed by atoms with Crippen molar-refractivity contribution in [2.45, 2.75) is 46.1 Å². The van der Waals surface area contributed by atoms with E-state index in [4.69, 9.17) is 11.6 Å². The molecule has 0 spiro atoms. The smallest absolute Gasteiger partial charge is 0.138 e. The molecule has 0 saturated heterocycles. The van der Waals surface area contributed by atoms with Crippen molar-refractivity contribution in [1.82, 2.24) is 5.32 Å². The van der Waals surface area contributed by atoms with Gasteiger partial charge in [-0.25, -0.2) is 0 Å². The zero-order valence-corrected chi connectivity index (χ0v) is 12.1.